The van der Waals surface area contributed by atoms with Gasteiger partial charge in [-0.05, 0) is 19.0 Å². The number of hydrogen-bond acceptors (Lipinski definition) is 5. The molecular formula is C19H25ClN6O. The van der Waals surface area contributed by atoms with Crippen LogP contribution < -0.4 is 5.56 Å². The normalized spacial score (nSPS) is 15.8. The number of likely N-dealkylation sites (N-methyl/N-ethyl adjacent to an activating group) is 1. The molecule has 7 nitrogen and oxygen atoms in total. The quantitative estimate of drug-likeness (QED) is 0.739. The number of hydrogen-bond donors (Lipinski definition) is 1. The predicted octanol–water partition coefficient (Wildman–Crippen LogP) is 1.95. The summed E-state index contributed by atoms with van der Waals surface area (Å²) in [6.07, 6.45) is 0. The van der Waals surface area contributed by atoms with Crippen LogP contribution >= 0.6 is 12.4 Å². The fourth-order valence-corrected chi connectivity index (χ4v) is 3.46. The molecule has 8 heteroatoms. The Hall–Kier alpha value is -2.22. The maximum absolute atomic E-state index is 12.5. The van der Waals surface area contributed by atoms with E-state index < -0.39 is 0 Å². The van der Waals surface area contributed by atoms with Crippen LogP contribution in [0.4, 0.5) is 0 Å². The largest absolute Gasteiger partial charge is 0.301 e. The van der Waals surface area contributed by atoms with Gasteiger partial charge >= 0.3 is 0 Å². The molecule has 1 aromatic carbocycles. The molecule has 0 atom stereocenters. The first-order chi connectivity index (χ1) is 12.6. The van der Waals surface area contributed by atoms with Crippen LogP contribution in [0.2, 0.25) is 0 Å². The maximum Gasteiger partial charge on any atom is 0.274 e. The van der Waals surface area contributed by atoms with Crippen molar-refractivity contribution < 1.29 is 0 Å². The second-order valence-corrected chi connectivity index (χ2v) is 6.82. The van der Waals surface area contributed by atoms with Gasteiger partial charge in [-0.25, -0.2) is 4.98 Å². The lowest BCUT2D eigenvalue weighted by Gasteiger charge is -2.33. The molecule has 0 spiro atoms. The average molecular weight is 389 g/mol. The molecule has 4 rings (SSSR count). The second kappa shape index (κ2) is 8.21. The van der Waals surface area contributed by atoms with Gasteiger partial charge in [0.1, 0.15) is 0 Å². The summed E-state index contributed by atoms with van der Waals surface area (Å²) in [6, 6.07) is 9.58. The van der Waals surface area contributed by atoms with E-state index in [0.29, 0.717) is 18.1 Å². The molecule has 0 bridgehead atoms. The summed E-state index contributed by atoms with van der Waals surface area (Å²) >= 11 is 0. The van der Waals surface area contributed by atoms with E-state index >= 15 is 0 Å². The highest BCUT2D eigenvalue weighted by atomic mass is 35.5. The van der Waals surface area contributed by atoms with Crippen molar-refractivity contribution in [1.29, 1.82) is 0 Å². The molecule has 3 aromatic rings. The third kappa shape index (κ3) is 4.05. The van der Waals surface area contributed by atoms with E-state index in [9.17, 15) is 4.79 Å². The molecule has 0 aliphatic carbocycles. The smallest absolute Gasteiger partial charge is 0.274 e. The molecule has 144 valence electrons. The molecule has 2 aromatic heterocycles. The number of fused-ring (bicyclic) bond motifs is 1. The van der Waals surface area contributed by atoms with Crippen LogP contribution in [-0.4, -0.2) is 62.1 Å². The highest BCUT2D eigenvalue weighted by Gasteiger charge is 2.17. The van der Waals surface area contributed by atoms with Crippen molar-refractivity contribution in [3.05, 3.63) is 51.9 Å². The minimum absolute atomic E-state index is 0. The summed E-state index contributed by atoms with van der Waals surface area (Å²) in [6.45, 7) is 10.1. The van der Waals surface area contributed by atoms with Crippen molar-refractivity contribution in [1.82, 2.24) is 29.4 Å². The number of piperazine rings is 1. The fourth-order valence-electron chi connectivity index (χ4n) is 3.46. The Bertz CT molecular complexity index is 974. The van der Waals surface area contributed by atoms with E-state index in [0.717, 1.165) is 49.5 Å². The van der Waals surface area contributed by atoms with Gasteiger partial charge in [-0.2, -0.15) is 9.50 Å². The van der Waals surface area contributed by atoms with E-state index in [1.54, 1.807) is 6.07 Å². The van der Waals surface area contributed by atoms with Gasteiger partial charge in [-0.1, -0.05) is 31.2 Å². The lowest BCUT2D eigenvalue weighted by molar-refractivity contribution is 0.131. The van der Waals surface area contributed by atoms with Gasteiger partial charge in [-0.3, -0.25) is 14.8 Å². The van der Waals surface area contributed by atoms with Crippen molar-refractivity contribution in [2.75, 3.05) is 32.7 Å². The van der Waals surface area contributed by atoms with E-state index in [2.05, 4.69) is 31.8 Å². The number of aromatic nitrogens is 4. The monoisotopic (exact) mass is 388 g/mol. The van der Waals surface area contributed by atoms with Crippen molar-refractivity contribution in [3.63, 3.8) is 0 Å². The van der Waals surface area contributed by atoms with Gasteiger partial charge in [-0.15, -0.1) is 12.4 Å². The van der Waals surface area contributed by atoms with E-state index in [1.807, 2.05) is 31.2 Å². The Kier molecular flexibility index (Phi) is 5.94. The molecule has 0 saturated carbocycles. The highest BCUT2D eigenvalue weighted by Crippen LogP contribution is 2.19. The van der Waals surface area contributed by atoms with Crippen molar-refractivity contribution in [2.24, 2.45) is 0 Å². The lowest BCUT2D eigenvalue weighted by atomic mass is 10.1. The van der Waals surface area contributed by atoms with Crippen LogP contribution in [0.5, 0.6) is 0 Å². The SMILES string of the molecule is CCN1CCN(Cc2cc(=O)n3[nH]c(-c4ccccc4C)nc3n2)CC1.Cl. The molecule has 1 fully saturated rings. The van der Waals surface area contributed by atoms with Crippen LogP contribution in [-0.2, 0) is 6.54 Å². The van der Waals surface area contributed by atoms with Crippen LogP contribution in [0.1, 0.15) is 18.2 Å². The molecule has 1 aliphatic heterocycles. The van der Waals surface area contributed by atoms with Crippen LogP contribution in [0.25, 0.3) is 17.2 Å². The number of H-pyrrole nitrogens is 1. The van der Waals surface area contributed by atoms with Gasteiger partial charge in [0.15, 0.2) is 5.82 Å². The summed E-state index contributed by atoms with van der Waals surface area (Å²) in [5.41, 5.74) is 2.75. The Morgan fingerprint density at radius 1 is 1.07 bits per heavy atom. The summed E-state index contributed by atoms with van der Waals surface area (Å²) in [7, 11) is 0. The molecule has 0 amide bonds. The minimum Gasteiger partial charge on any atom is -0.301 e. The van der Waals surface area contributed by atoms with E-state index in [-0.39, 0.29) is 18.0 Å². The average Bonchev–Trinajstić information content (AvgIpc) is 3.07. The zero-order valence-electron chi connectivity index (χ0n) is 15.7. The number of nitrogens with zero attached hydrogens (tertiary/aromatic N) is 5. The first kappa shape index (κ1) is 19.5. The van der Waals surface area contributed by atoms with Gasteiger partial charge in [0, 0.05) is 44.4 Å². The lowest BCUT2D eigenvalue weighted by Crippen LogP contribution is -2.45. The van der Waals surface area contributed by atoms with Gasteiger partial charge in [0.2, 0.25) is 0 Å². The number of halogens is 1. The minimum atomic E-state index is -0.121. The maximum atomic E-state index is 12.5. The number of benzene rings is 1. The first-order valence-corrected chi connectivity index (χ1v) is 9.13. The van der Waals surface area contributed by atoms with Gasteiger partial charge < -0.3 is 4.90 Å². The summed E-state index contributed by atoms with van der Waals surface area (Å²) < 4.78 is 1.42. The third-order valence-electron chi connectivity index (χ3n) is 5.08. The first-order valence-electron chi connectivity index (χ1n) is 9.13. The topological polar surface area (TPSA) is 69.5 Å². The van der Waals surface area contributed by atoms with Gasteiger partial charge in [0.25, 0.3) is 11.3 Å². The molecule has 1 N–H and O–H groups in total. The summed E-state index contributed by atoms with van der Waals surface area (Å²) in [4.78, 5) is 26.4. The molecular weight excluding hydrogens is 364 g/mol. The molecule has 3 heterocycles. The second-order valence-electron chi connectivity index (χ2n) is 6.82. The zero-order chi connectivity index (χ0) is 18.1. The standard InChI is InChI=1S/C19H24N6O.ClH/c1-3-23-8-10-24(11-9-23)13-15-12-17(26)25-19(20-15)21-18(22-25)16-7-5-4-6-14(16)2;/h4-7,12H,3,8-11,13H2,1-2H3,(H,20,21,22);1H. The Balaban J connectivity index is 0.00000210. The van der Waals surface area contributed by atoms with Gasteiger partial charge in [0.05, 0.1) is 5.69 Å². The van der Waals surface area contributed by atoms with Crippen LogP contribution in [0.3, 0.4) is 0 Å². The van der Waals surface area contributed by atoms with E-state index in [4.69, 9.17) is 0 Å². The zero-order valence-corrected chi connectivity index (χ0v) is 16.5. The molecule has 1 saturated heterocycles. The third-order valence-corrected chi connectivity index (χ3v) is 5.08. The summed E-state index contributed by atoms with van der Waals surface area (Å²) in [5, 5.41) is 3.08. The van der Waals surface area contributed by atoms with Crippen LogP contribution in [0.15, 0.2) is 35.1 Å². The Morgan fingerprint density at radius 2 is 1.78 bits per heavy atom. The summed E-state index contributed by atoms with van der Waals surface area (Å²) in [5.74, 6) is 1.10. The number of nitrogens with one attached hydrogen (secondary N) is 1. The predicted molar refractivity (Wildman–Crippen MR) is 108 cm³/mol. The number of aromatic amines is 1. The van der Waals surface area contributed by atoms with Crippen LogP contribution in [0, 0.1) is 6.92 Å². The fraction of sp³-hybridized carbons (Fsp3) is 0.421. The van der Waals surface area contributed by atoms with Crippen molar-refractivity contribution in [2.45, 2.75) is 20.4 Å². The molecule has 27 heavy (non-hydrogen) atoms. The Labute approximate surface area is 164 Å². The van der Waals surface area contributed by atoms with Crippen molar-refractivity contribution in [3.8, 4) is 11.4 Å². The number of aryl methyl sites for hydroxylation is 1. The molecule has 0 radical (unpaired) electrons. The molecule has 1 aliphatic rings. The van der Waals surface area contributed by atoms with Crippen molar-refractivity contribution >= 4 is 18.2 Å². The van der Waals surface area contributed by atoms with E-state index in [1.165, 1.54) is 4.52 Å². The highest BCUT2D eigenvalue weighted by molar-refractivity contribution is 5.85. The Morgan fingerprint density at radius 3 is 2.48 bits per heavy atom. The number of rotatable bonds is 4. The molecule has 0 unspecified atom stereocenters.